The van der Waals surface area contributed by atoms with E-state index in [2.05, 4.69) is 11.4 Å². The molecule has 0 radical (unpaired) electrons. The fourth-order valence-corrected chi connectivity index (χ4v) is 2.98. The van der Waals surface area contributed by atoms with Crippen molar-refractivity contribution >= 4 is 40.2 Å². The molecule has 132 valence electrons. The number of hydrogen-bond acceptors (Lipinski definition) is 3. The van der Waals surface area contributed by atoms with E-state index >= 15 is 0 Å². The summed E-state index contributed by atoms with van der Waals surface area (Å²) >= 11 is 6.06. The minimum Gasteiger partial charge on any atom is -0.346 e. The van der Waals surface area contributed by atoms with Crippen molar-refractivity contribution in [2.24, 2.45) is 0 Å². The van der Waals surface area contributed by atoms with E-state index in [4.69, 9.17) is 16.9 Å². The lowest BCUT2D eigenvalue weighted by Gasteiger charge is -2.05. The number of nitrogens with zero attached hydrogens (tertiary/aromatic N) is 3. The van der Waals surface area contributed by atoms with Crippen LogP contribution in [0.15, 0.2) is 60.3 Å². The Bertz CT molecular complexity index is 1120. The van der Waals surface area contributed by atoms with Gasteiger partial charge in [-0.2, -0.15) is 10.5 Å². The minimum atomic E-state index is -0.528. The Morgan fingerprint density at radius 3 is 2.63 bits per heavy atom. The molecule has 0 unspecified atom stereocenters. The quantitative estimate of drug-likeness (QED) is 0.516. The number of aryl methyl sites for hydroxylation is 1. The molecular formula is C21H15ClN4O. The lowest BCUT2D eigenvalue weighted by atomic mass is 10.1. The van der Waals surface area contributed by atoms with Crippen LogP contribution in [0.25, 0.3) is 17.0 Å². The van der Waals surface area contributed by atoms with E-state index in [-0.39, 0.29) is 5.57 Å². The van der Waals surface area contributed by atoms with Crippen molar-refractivity contribution < 1.29 is 4.79 Å². The Kier molecular flexibility index (Phi) is 5.56. The number of anilines is 1. The van der Waals surface area contributed by atoms with E-state index in [0.29, 0.717) is 23.7 Å². The summed E-state index contributed by atoms with van der Waals surface area (Å²) in [4.78, 5) is 12.5. The lowest BCUT2D eigenvalue weighted by molar-refractivity contribution is -0.112. The number of para-hydroxylation sites is 2. The Morgan fingerprint density at radius 1 is 1.15 bits per heavy atom. The molecule has 1 amide bonds. The zero-order valence-electron chi connectivity index (χ0n) is 14.3. The van der Waals surface area contributed by atoms with Gasteiger partial charge in [0.1, 0.15) is 11.6 Å². The van der Waals surface area contributed by atoms with Gasteiger partial charge in [0.05, 0.1) is 23.2 Å². The molecule has 1 aromatic heterocycles. The molecule has 1 N–H and O–H groups in total. The average Bonchev–Trinajstić information content (AvgIpc) is 3.04. The maximum Gasteiger partial charge on any atom is 0.266 e. The standard InChI is InChI=1S/C21H15ClN4O/c22-18-7-2-3-8-19(18)25-21(27)15(13-24)12-16-14-26(11-5-10-23)20-9-4-1-6-17(16)20/h1-4,6-9,12,14H,5,11H2,(H,25,27)/b15-12-. The second-order valence-electron chi connectivity index (χ2n) is 5.81. The van der Waals surface area contributed by atoms with E-state index in [1.54, 1.807) is 30.3 Å². The van der Waals surface area contributed by atoms with Gasteiger partial charge in [0.2, 0.25) is 0 Å². The number of benzene rings is 2. The molecule has 0 fully saturated rings. The van der Waals surface area contributed by atoms with Crippen LogP contribution in [0, 0.1) is 22.7 Å². The van der Waals surface area contributed by atoms with Crippen LogP contribution in [0.4, 0.5) is 5.69 Å². The van der Waals surface area contributed by atoms with Gasteiger partial charge in [0.15, 0.2) is 0 Å². The molecule has 2 aromatic carbocycles. The molecule has 3 rings (SSSR count). The van der Waals surface area contributed by atoms with Crippen LogP contribution in [0.2, 0.25) is 5.02 Å². The lowest BCUT2D eigenvalue weighted by Crippen LogP contribution is -2.13. The van der Waals surface area contributed by atoms with Crippen LogP contribution in [0.3, 0.4) is 0 Å². The first-order chi connectivity index (χ1) is 13.1. The average molecular weight is 375 g/mol. The summed E-state index contributed by atoms with van der Waals surface area (Å²) in [6.45, 7) is 0.540. The van der Waals surface area contributed by atoms with Gasteiger partial charge in [-0.05, 0) is 24.3 Å². The number of nitrogens with one attached hydrogen (secondary N) is 1. The number of rotatable bonds is 5. The number of carbonyl (C=O) groups excluding carboxylic acids is 1. The number of carbonyl (C=O) groups is 1. The Morgan fingerprint density at radius 2 is 1.89 bits per heavy atom. The number of amides is 1. The summed E-state index contributed by atoms with van der Waals surface area (Å²) in [5, 5.41) is 22.3. The first-order valence-electron chi connectivity index (χ1n) is 8.26. The predicted molar refractivity (Wildman–Crippen MR) is 106 cm³/mol. The van der Waals surface area contributed by atoms with Gasteiger partial charge in [0.25, 0.3) is 5.91 Å². The van der Waals surface area contributed by atoms with Gasteiger partial charge in [-0.1, -0.05) is 41.9 Å². The highest BCUT2D eigenvalue weighted by atomic mass is 35.5. The summed E-state index contributed by atoms with van der Waals surface area (Å²) in [6.07, 6.45) is 3.78. The van der Waals surface area contributed by atoms with E-state index in [0.717, 1.165) is 16.5 Å². The Balaban J connectivity index is 1.96. The SMILES string of the molecule is N#CCCn1cc(/C=C(/C#N)C(=O)Nc2ccccc2Cl)c2ccccc21. The first kappa shape index (κ1) is 18.3. The summed E-state index contributed by atoms with van der Waals surface area (Å²) in [5.74, 6) is -0.528. The van der Waals surface area contributed by atoms with Crippen molar-refractivity contribution in [2.45, 2.75) is 13.0 Å². The zero-order chi connectivity index (χ0) is 19.2. The number of nitriles is 2. The molecule has 27 heavy (non-hydrogen) atoms. The fraction of sp³-hybridized carbons (Fsp3) is 0.0952. The van der Waals surface area contributed by atoms with Crippen molar-refractivity contribution in [1.29, 1.82) is 10.5 Å². The van der Waals surface area contributed by atoms with E-state index in [1.807, 2.05) is 41.1 Å². The number of aromatic nitrogens is 1. The highest BCUT2D eigenvalue weighted by Gasteiger charge is 2.13. The van der Waals surface area contributed by atoms with Crippen LogP contribution in [0.5, 0.6) is 0 Å². The highest BCUT2D eigenvalue weighted by molar-refractivity contribution is 6.34. The van der Waals surface area contributed by atoms with Gasteiger partial charge in [-0.25, -0.2) is 0 Å². The highest BCUT2D eigenvalue weighted by Crippen LogP contribution is 2.25. The number of fused-ring (bicyclic) bond motifs is 1. The monoisotopic (exact) mass is 374 g/mol. The minimum absolute atomic E-state index is 0.0295. The van der Waals surface area contributed by atoms with Gasteiger partial charge >= 0.3 is 0 Å². The van der Waals surface area contributed by atoms with Crippen molar-refractivity contribution in [3.05, 3.63) is 70.9 Å². The fourth-order valence-electron chi connectivity index (χ4n) is 2.80. The van der Waals surface area contributed by atoms with Crippen molar-refractivity contribution in [3.8, 4) is 12.1 Å². The van der Waals surface area contributed by atoms with Crippen LogP contribution >= 0.6 is 11.6 Å². The number of hydrogen-bond donors (Lipinski definition) is 1. The molecular weight excluding hydrogens is 360 g/mol. The van der Waals surface area contributed by atoms with E-state index in [1.165, 1.54) is 0 Å². The summed E-state index contributed by atoms with van der Waals surface area (Å²) in [6, 6.07) is 18.6. The smallest absolute Gasteiger partial charge is 0.266 e. The van der Waals surface area contributed by atoms with Gasteiger partial charge < -0.3 is 9.88 Å². The normalized spacial score (nSPS) is 11.0. The first-order valence-corrected chi connectivity index (χ1v) is 8.64. The molecule has 0 bridgehead atoms. The van der Waals surface area contributed by atoms with Gasteiger partial charge in [-0.3, -0.25) is 4.79 Å². The largest absolute Gasteiger partial charge is 0.346 e. The van der Waals surface area contributed by atoms with Gasteiger partial charge in [0, 0.05) is 29.2 Å². The summed E-state index contributed by atoms with van der Waals surface area (Å²) in [7, 11) is 0. The molecule has 0 spiro atoms. The summed E-state index contributed by atoms with van der Waals surface area (Å²) < 4.78 is 1.95. The third-order valence-electron chi connectivity index (χ3n) is 4.07. The van der Waals surface area contributed by atoms with E-state index < -0.39 is 5.91 Å². The second-order valence-corrected chi connectivity index (χ2v) is 6.21. The van der Waals surface area contributed by atoms with Crippen LogP contribution in [-0.4, -0.2) is 10.5 Å². The second kappa shape index (κ2) is 8.23. The Labute approximate surface area is 161 Å². The molecule has 5 nitrogen and oxygen atoms in total. The van der Waals surface area contributed by atoms with Gasteiger partial charge in [-0.15, -0.1) is 0 Å². The molecule has 0 saturated carbocycles. The third-order valence-corrected chi connectivity index (χ3v) is 4.40. The molecule has 1 heterocycles. The summed E-state index contributed by atoms with van der Waals surface area (Å²) in [5.41, 5.74) is 2.11. The predicted octanol–water partition coefficient (Wildman–Crippen LogP) is 4.75. The van der Waals surface area contributed by atoms with E-state index in [9.17, 15) is 10.1 Å². The molecule has 3 aromatic rings. The Hall–Kier alpha value is -3.54. The number of halogens is 1. The van der Waals surface area contributed by atoms with Crippen molar-refractivity contribution in [1.82, 2.24) is 4.57 Å². The molecule has 0 atom stereocenters. The van der Waals surface area contributed by atoms with Crippen molar-refractivity contribution in [3.63, 3.8) is 0 Å². The molecule has 0 aliphatic heterocycles. The zero-order valence-corrected chi connectivity index (χ0v) is 15.1. The maximum atomic E-state index is 12.5. The molecule has 0 aliphatic carbocycles. The third kappa shape index (κ3) is 4.00. The molecule has 6 heteroatoms. The van der Waals surface area contributed by atoms with Crippen LogP contribution in [-0.2, 0) is 11.3 Å². The molecule has 0 saturated heterocycles. The van der Waals surface area contributed by atoms with Crippen LogP contribution < -0.4 is 5.32 Å². The molecule has 0 aliphatic rings. The topological polar surface area (TPSA) is 81.6 Å². The van der Waals surface area contributed by atoms with Crippen molar-refractivity contribution in [2.75, 3.05) is 5.32 Å². The van der Waals surface area contributed by atoms with Crippen LogP contribution in [0.1, 0.15) is 12.0 Å². The maximum absolute atomic E-state index is 12.5.